The number of sulfonamides is 1. The lowest BCUT2D eigenvalue weighted by Gasteiger charge is -2.01. The fourth-order valence-corrected chi connectivity index (χ4v) is 4.64. The summed E-state index contributed by atoms with van der Waals surface area (Å²) in [7, 11) is -3.99. The average Bonchev–Trinajstić information content (AvgIpc) is 2.91. The molecule has 1 aromatic heterocycles. The molecule has 0 spiro atoms. The number of thiazole rings is 1. The molecule has 10 heteroatoms. The Morgan fingerprint density at radius 3 is 2.58 bits per heavy atom. The second-order valence-corrected chi connectivity index (χ2v) is 8.15. The van der Waals surface area contributed by atoms with Crippen molar-refractivity contribution in [1.82, 2.24) is 4.57 Å². The monoisotopic (exact) mass is 407 g/mol. The van der Waals surface area contributed by atoms with Gasteiger partial charge in [0.05, 0.1) is 26.6 Å². The number of hydrogen-bond donors (Lipinski definition) is 0. The van der Waals surface area contributed by atoms with Crippen molar-refractivity contribution in [3.63, 3.8) is 0 Å². The zero-order valence-corrected chi connectivity index (χ0v) is 15.4. The van der Waals surface area contributed by atoms with E-state index in [0.717, 1.165) is 11.3 Å². The third kappa shape index (κ3) is 3.48. The molecule has 2 aromatic carbocycles. The van der Waals surface area contributed by atoms with Gasteiger partial charge in [-0.05, 0) is 30.3 Å². The fourth-order valence-electron chi connectivity index (χ4n) is 2.25. The molecular formula is C16H10ClN3O4S2. The standard InChI is InChI=1S/C16H10ClN3O4S2/c1-2-9-19-14-8-5-12(20(21)22)10-15(14)25-16(19)18-26(23,24)13-6-3-11(17)4-7-13/h1,3-8,10H,9H2. The van der Waals surface area contributed by atoms with E-state index >= 15 is 0 Å². The van der Waals surface area contributed by atoms with Crippen molar-refractivity contribution in [2.45, 2.75) is 11.4 Å². The van der Waals surface area contributed by atoms with Crippen LogP contribution in [0.15, 0.2) is 51.8 Å². The maximum Gasteiger partial charge on any atom is 0.285 e. The molecule has 0 aliphatic heterocycles. The van der Waals surface area contributed by atoms with Gasteiger partial charge in [0.25, 0.3) is 15.7 Å². The lowest BCUT2D eigenvalue weighted by molar-refractivity contribution is -0.384. The smallest absolute Gasteiger partial charge is 0.285 e. The van der Waals surface area contributed by atoms with Gasteiger partial charge in [0.1, 0.15) is 0 Å². The van der Waals surface area contributed by atoms with Crippen molar-refractivity contribution in [1.29, 1.82) is 0 Å². The van der Waals surface area contributed by atoms with Crippen LogP contribution in [0.5, 0.6) is 0 Å². The van der Waals surface area contributed by atoms with Crippen molar-refractivity contribution in [3.8, 4) is 12.3 Å². The van der Waals surface area contributed by atoms with Gasteiger partial charge in [0, 0.05) is 17.2 Å². The highest BCUT2D eigenvalue weighted by molar-refractivity contribution is 7.90. The van der Waals surface area contributed by atoms with Crippen LogP contribution in [0.1, 0.15) is 0 Å². The normalized spacial score (nSPS) is 12.2. The van der Waals surface area contributed by atoms with Gasteiger partial charge >= 0.3 is 0 Å². The highest BCUT2D eigenvalue weighted by Gasteiger charge is 2.16. The largest absolute Gasteiger partial charge is 0.304 e. The van der Waals surface area contributed by atoms with E-state index in [-0.39, 0.29) is 21.9 Å². The zero-order chi connectivity index (χ0) is 18.9. The van der Waals surface area contributed by atoms with Crippen LogP contribution in [-0.2, 0) is 16.6 Å². The average molecular weight is 408 g/mol. The summed E-state index contributed by atoms with van der Waals surface area (Å²) >= 11 is 6.79. The van der Waals surface area contributed by atoms with Gasteiger partial charge in [0.2, 0.25) is 4.80 Å². The van der Waals surface area contributed by atoms with Gasteiger partial charge in [-0.3, -0.25) is 10.1 Å². The number of hydrogen-bond acceptors (Lipinski definition) is 5. The molecule has 132 valence electrons. The number of nitro groups is 1. The summed E-state index contributed by atoms with van der Waals surface area (Å²) in [5.74, 6) is 2.44. The van der Waals surface area contributed by atoms with Crippen LogP contribution < -0.4 is 4.80 Å². The first-order chi connectivity index (χ1) is 12.3. The number of non-ortho nitro benzene ring substituents is 1. The predicted octanol–water partition coefficient (Wildman–Crippen LogP) is 3.19. The summed E-state index contributed by atoms with van der Waals surface area (Å²) in [6, 6.07) is 9.83. The van der Waals surface area contributed by atoms with Crippen LogP contribution in [0.2, 0.25) is 5.02 Å². The lowest BCUT2D eigenvalue weighted by atomic mass is 10.3. The van der Waals surface area contributed by atoms with Crippen LogP contribution in [-0.4, -0.2) is 17.9 Å². The molecule has 0 saturated carbocycles. The summed E-state index contributed by atoms with van der Waals surface area (Å²) in [5, 5.41) is 11.3. The molecule has 0 aliphatic carbocycles. The molecule has 0 unspecified atom stereocenters. The maximum absolute atomic E-state index is 12.5. The van der Waals surface area contributed by atoms with Crippen LogP contribution in [0.25, 0.3) is 10.2 Å². The number of terminal acetylenes is 1. The van der Waals surface area contributed by atoms with Gasteiger partial charge in [-0.2, -0.15) is 8.42 Å². The molecule has 0 fully saturated rings. The van der Waals surface area contributed by atoms with E-state index in [1.807, 2.05) is 0 Å². The Bertz CT molecular complexity index is 1220. The van der Waals surface area contributed by atoms with E-state index in [0.29, 0.717) is 15.2 Å². The summed E-state index contributed by atoms with van der Waals surface area (Å²) in [6.45, 7) is 0.0762. The van der Waals surface area contributed by atoms with Crippen molar-refractivity contribution >= 4 is 48.9 Å². The molecule has 7 nitrogen and oxygen atoms in total. The van der Waals surface area contributed by atoms with Gasteiger partial charge in [0.15, 0.2) is 0 Å². The molecule has 1 heterocycles. The summed E-state index contributed by atoms with van der Waals surface area (Å²) in [4.78, 5) is 10.5. The van der Waals surface area contributed by atoms with Crippen molar-refractivity contribution < 1.29 is 13.3 Å². The van der Waals surface area contributed by atoms with Gasteiger partial charge < -0.3 is 4.57 Å². The number of halogens is 1. The number of nitrogens with zero attached hydrogens (tertiary/aromatic N) is 3. The van der Waals surface area contributed by atoms with E-state index < -0.39 is 14.9 Å². The molecule has 3 aromatic rings. The Balaban J connectivity index is 2.24. The number of aromatic nitrogens is 1. The van der Waals surface area contributed by atoms with Gasteiger partial charge in [-0.1, -0.05) is 28.9 Å². The van der Waals surface area contributed by atoms with E-state index in [1.165, 1.54) is 47.0 Å². The zero-order valence-electron chi connectivity index (χ0n) is 13.0. The Kier molecular flexibility index (Phi) is 4.82. The molecular weight excluding hydrogens is 398 g/mol. The number of nitro benzene ring substituents is 1. The molecule has 0 aliphatic rings. The Labute approximate surface area is 157 Å². The molecule has 0 saturated heterocycles. The van der Waals surface area contributed by atoms with E-state index in [2.05, 4.69) is 10.3 Å². The van der Waals surface area contributed by atoms with E-state index in [1.54, 1.807) is 0 Å². The quantitative estimate of drug-likeness (QED) is 0.377. The number of rotatable bonds is 4. The molecule has 0 N–H and O–H groups in total. The Morgan fingerprint density at radius 1 is 1.27 bits per heavy atom. The molecule has 0 atom stereocenters. The second-order valence-electron chi connectivity index (χ2n) is 5.10. The van der Waals surface area contributed by atoms with Crippen LogP contribution in [0, 0.1) is 22.5 Å². The second kappa shape index (κ2) is 6.92. The van der Waals surface area contributed by atoms with Gasteiger partial charge in [-0.25, -0.2) is 0 Å². The number of fused-ring (bicyclic) bond motifs is 1. The van der Waals surface area contributed by atoms with Gasteiger partial charge in [-0.15, -0.1) is 10.8 Å². The molecule has 0 bridgehead atoms. The van der Waals surface area contributed by atoms with Crippen molar-refractivity contribution in [2.75, 3.05) is 0 Å². The highest BCUT2D eigenvalue weighted by Crippen LogP contribution is 2.24. The van der Waals surface area contributed by atoms with Crippen molar-refractivity contribution in [2.24, 2.45) is 4.40 Å². The highest BCUT2D eigenvalue weighted by atomic mass is 35.5. The van der Waals surface area contributed by atoms with E-state index in [9.17, 15) is 18.5 Å². The summed E-state index contributed by atoms with van der Waals surface area (Å²) < 4.78 is 31.0. The van der Waals surface area contributed by atoms with Crippen LogP contribution >= 0.6 is 22.9 Å². The minimum Gasteiger partial charge on any atom is -0.304 e. The molecule has 3 rings (SSSR count). The SMILES string of the molecule is C#CCn1c(=NS(=O)(=O)c2ccc(Cl)cc2)sc2cc([N+](=O)[O-])ccc21. The number of benzene rings is 2. The Morgan fingerprint density at radius 2 is 1.96 bits per heavy atom. The third-order valence-corrected chi connectivity index (χ3v) is 6.13. The Hall–Kier alpha value is -2.67. The van der Waals surface area contributed by atoms with Crippen molar-refractivity contribution in [3.05, 3.63) is 62.4 Å². The predicted molar refractivity (Wildman–Crippen MR) is 99.5 cm³/mol. The lowest BCUT2D eigenvalue weighted by Crippen LogP contribution is -2.16. The summed E-state index contributed by atoms with van der Waals surface area (Å²) in [6.07, 6.45) is 5.37. The molecule has 0 amide bonds. The maximum atomic E-state index is 12.5. The first-order valence-electron chi connectivity index (χ1n) is 7.09. The third-order valence-electron chi connectivity index (χ3n) is 3.44. The minimum atomic E-state index is -3.99. The summed E-state index contributed by atoms with van der Waals surface area (Å²) in [5.41, 5.74) is 0.474. The van der Waals surface area contributed by atoms with Crippen LogP contribution in [0.4, 0.5) is 5.69 Å². The molecule has 26 heavy (non-hydrogen) atoms. The fraction of sp³-hybridized carbons (Fsp3) is 0.0625. The minimum absolute atomic E-state index is 0.0161. The topological polar surface area (TPSA) is 94.6 Å². The van der Waals surface area contributed by atoms with Crippen LogP contribution in [0.3, 0.4) is 0 Å². The molecule has 0 radical (unpaired) electrons. The van der Waals surface area contributed by atoms with E-state index in [4.69, 9.17) is 18.0 Å². The first kappa shape index (κ1) is 18.1. The first-order valence-corrected chi connectivity index (χ1v) is 9.73.